The Morgan fingerprint density at radius 3 is 2.35 bits per heavy atom. The number of nitrogens with two attached hydrogens (primary N) is 1. The highest BCUT2D eigenvalue weighted by molar-refractivity contribution is 5.27. The lowest BCUT2D eigenvalue weighted by molar-refractivity contribution is -0.0128. The molecular weight excluding hydrogens is 254 g/mol. The van der Waals surface area contributed by atoms with Gasteiger partial charge in [0.05, 0.1) is 12.2 Å². The summed E-state index contributed by atoms with van der Waals surface area (Å²) in [4.78, 5) is 0. The molecule has 0 heterocycles. The molecule has 0 amide bonds. The van der Waals surface area contributed by atoms with Gasteiger partial charge in [-0.1, -0.05) is 12.1 Å². The monoisotopic (exact) mass is 281 g/mol. The Kier molecular flexibility index (Phi) is 7.59. The van der Waals surface area contributed by atoms with Gasteiger partial charge in [0, 0.05) is 13.7 Å². The molecule has 4 nitrogen and oxygen atoms in total. The van der Waals surface area contributed by atoms with Crippen molar-refractivity contribution >= 4 is 0 Å². The third kappa shape index (κ3) is 6.89. The Bertz CT molecular complexity index is 362. The average Bonchev–Trinajstić information content (AvgIpc) is 2.45. The highest BCUT2D eigenvalue weighted by Crippen LogP contribution is 2.13. The summed E-state index contributed by atoms with van der Waals surface area (Å²) >= 11 is 0. The first-order valence-corrected chi connectivity index (χ1v) is 7.12. The Morgan fingerprint density at radius 1 is 1.05 bits per heavy atom. The first kappa shape index (κ1) is 17.0. The van der Waals surface area contributed by atoms with Crippen molar-refractivity contribution in [2.75, 3.05) is 33.5 Å². The zero-order valence-electron chi connectivity index (χ0n) is 12.9. The van der Waals surface area contributed by atoms with E-state index in [0.29, 0.717) is 26.4 Å². The van der Waals surface area contributed by atoms with Crippen LogP contribution >= 0.6 is 0 Å². The first-order chi connectivity index (χ1) is 9.57. The van der Waals surface area contributed by atoms with E-state index >= 15 is 0 Å². The molecule has 1 aromatic rings. The summed E-state index contributed by atoms with van der Waals surface area (Å²) < 4.78 is 16.5. The van der Waals surface area contributed by atoms with E-state index in [1.807, 2.05) is 24.3 Å². The van der Waals surface area contributed by atoms with E-state index in [1.54, 1.807) is 7.11 Å². The summed E-state index contributed by atoms with van der Waals surface area (Å²) in [7, 11) is 1.72. The van der Waals surface area contributed by atoms with Crippen LogP contribution in [0.5, 0.6) is 5.75 Å². The van der Waals surface area contributed by atoms with Gasteiger partial charge in [0.2, 0.25) is 0 Å². The summed E-state index contributed by atoms with van der Waals surface area (Å²) in [6, 6.07) is 8.03. The predicted molar refractivity (Wildman–Crippen MR) is 81.2 cm³/mol. The number of ether oxygens (including phenoxy) is 3. The van der Waals surface area contributed by atoms with Crippen LogP contribution in [0, 0.1) is 0 Å². The van der Waals surface area contributed by atoms with Crippen molar-refractivity contribution in [2.24, 2.45) is 5.73 Å². The van der Waals surface area contributed by atoms with Crippen LogP contribution in [0.4, 0.5) is 0 Å². The lowest BCUT2D eigenvalue weighted by Gasteiger charge is -2.22. The zero-order chi connectivity index (χ0) is 14.8. The Morgan fingerprint density at radius 2 is 1.75 bits per heavy atom. The van der Waals surface area contributed by atoms with Crippen molar-refractivity contribution in [3.05, 3.63) is 29.8 Å². The molecule has 1 rings (SSSR count). The van der Waals surface area contributed by atoms with Gasteiger partial charge in [0.1, 0.15) is 12.4 Å². The third-order valence-corrected chi connectivity index (χ3v) is 3.25. The topological polar surface area (TPSA) is 53.7 Å². The predicted octanol–water partition coefficient (Wildman–Crippen LogP) is 2.40. The fourth-order valence-electron chi connectivity index (χ4n) is 1.66. The lowest BCUT2D eigenvalue weighted by Crippen LogP contribution is -2.24. The summed E-state index contributed by atoms with van der Waals surface area (Å²) in [5.74, 6) is 0.867. The highest BCUT2D eigenvalue weighted by atomic mass is 16.5. The minimum absolute atomic E-state index is 0.125. The maximum Gasteiger partial charge on any atom is 0.119 e. The second kappa shape index (κ2) is 8.95. The van der Waals surface area contributed by atoms with E-state index in [0.717, 1.165) is 18.6 Å². The van der Waals surface area contributed by atoms with Crippen molar-refractivity contribution in [1.29, 1.82) is 0 Å². The Hall–Kier alpha value is -1.10. The van der Waals surface area contributed by atoms with Crippen LogP contribution in [0.25, 0.3) is 0 Å². The fourth-order valence-corrected chi connectivity index (χ4v) is 1.66. The van der Waals surface area contributed by atoms with Gasteiger partial charge in [-0.3, -0.25) is 0 Å². The second-order valence-electron chi connectivity index (χ2n) is 5.36. The number of rotatable bonds is 10. The average molecular weight is 281 g/mol. The molecule has 0 aliphatic heterocycles. The molecule has 4 heteroatoms. The maximum atomic E-state index is 5.61. The minimum atomic E-state index is -0.125. The summed E-state index contributed by atoms with van der Waals surface area (Å²) in [6.45, 7) is 6.60. The number of benzene rings is 1. The van der Waals surface area contributed by atoms with Crippen molar-refractivity contribution < 1.29 is 14.2 Å². The second-order valence-corrected chi connectivity index (χ2v) is 5.36. The molecule has 1 aromatic carbocycles. The molecule has 0 fully saturated rings. The van der Waals surface area contributed by atoms with Crippen LogP contribution in [0.3, 0.4) is 0 Å². The van der Waals surface area contributed by atoms with E-state index in [9.17, 15) is 0 Å². The molecular formula is C16H27NO3. The van der Waals surface area contributed by atoms with E-state index in [4.69, 9.17) is 19.9 Å². The molecule has 0 radical (unpaired) electrons. The normalized spacial score (nSPS) is 11.6. The van der Waals surface area contributed by atoms with Gasteiger partial charge in [-0.25, -0.2) is 0 Å². The van der Waals surface area contributed by atoms with Crippen molar-refractivity contribution in [1.82, 2.24) is 0 Å². The molecule has 0 saturated heterocycles. The molecule has 0 unspecified atom stereocenters. The van der Waals surface area contributed by atoms with E-state index in [1.165, 1.54) is 5.56 Å². The lowest BCUT2D eigenvalue weighted by atomic mass is 10.1. The molecule has 0 aromatic heterocycles. The fraction of sp³-hybridized carbons (Fsp3) is 0.625. The molecule has 0 bridgehead atoms. The van der Waals surface area contributed by atoms with Crippen LogP contribution < -0.4 is 10.5 Å². The summed E-state index contributed by atoms with van der Waals surface area (Å²) in [5, 5.41) is 0. The van der Waals surface area contributed by atoms with Gasteiger partial charge in [0.25, 0.3) is 0 Å². The highest BCUT2D eigenvalue weighted by Gasteiger charge is 2.15. The molecule has 0 atom stereocenters. The summed E-state index contributed by atoms with van der Waals surface area (Å²) in [6.07, 6.45) is 1.77. The van der Waals surface area contributed by atoms with Gasteiger partial charge in [-0.15, -0.1) is 0 Å². The van der Waals surface area contributed by atoms with Gasteiger partial charge in [0.15, 0.2) is 0 Å². The molecule has 0 aliphatic carbocycles. The van der Waals surface area contributed by atoms with Crippen molar-refractivity contribution in [2.45, 2.75) is 32.3 Å². The molecule has 0 aliphatic rings. The number of hydrogen-bond acceptors (Lipinski definition) is 4. The molecule has 114 valence electrons. The Labute approximate surface area is 122 Å². The van der Waals surface area contributed by atoms with Crippen LogP contribution in [0.1, 0.15) is 25.8 Å². The Balaban J connectivity index is 2.12. The molecule has 2 N–H and O–H groups in total. The van der Waals surface area contributed by atoms with Crippen LogP contribution in [0.15, 0.2) is 24.3 Å². The van der Waals surface area contributed by atoms with Crippen molar-refractivity contribution in [3.63, 3.8) is 0 Å². The van der Waals surface area contributed by atoms with Crippen LogP contribution in [-0.2, 0) is 15.9 Å². The largest absolute Gasteiger partial charge is 0.491 e. The molecule has 0 saturated carbocycles. The summed E-state index contributed by atoms with van der Waals surface area (Å²) in [5.41, 5.74) is 6.62. The van der Waals surface area contributed by atoms with Gasteiger partial charge in [-0.2, -0.15) is 0 Å². The maximum absolute atomic E-state index is 5.61. The quantitative estimate of drug-likeness (QED) is 0.669. The first-order valence-electron chi connectivity index (χ1n) is 7.12. The van der Waals surface area contributed by atoms with Gasteiger partial charge in [-0.05, 0) is 50.9 Å². The number of hydrogen-bond donors (Lipinski definition) is 1. The third-order valence-electron chi connectivity index (χ3n) is 3.25. The minimum Gasteiger partial charge on any atom is -0.491 e. The van der Waals surface area contributed by atoms with E-state index in [2.05, 4.69) is 13.8 Å². The van der Waals surface area contributed by atoms with E-state index in [-0.39, 0.29) is 5.60 Å². The van der Waals surface area contributed by atoms with Crippen LogP contribution in [0.2, 0.25) is 0 Å². The van der Waals surface area contributed by atoms with Gasteiger partial charge < -0.3 is 19.9 Å². The van der Waals surface area contributed by atoms with Gasteiger partial charge >= 0.3 is 0 Å². The smallest absolute Gasteiger partial charge is 0.119 e. The van der Waals surface area contributed by atoms with Crippen LogP contribution in [-0.4, -0.2) is 39.1 Å². The molecule has 0 spiro atoms. The zero-order valence-corrected chi connectivity index (χ0v) is 12.9. The number of methoxy groups -OCH3 is 1. The van der Waals surface area contributed by atoms with E-state index < -0.39 is 0 Å². The SMILES string of the molecule is COC(C)(C)CCOCCOc1ccc(CCN)cc1. The standard InChI is InChI=1S/C16H27NO3/c1-16(2,18-3)9-11-19-12-13-20-15-6-4-14(5-7-15)8-10-17/h4-7H,8-13,17H2,1-3H3. The van der Waals surface area contributed by atoms with Crippen molar-refractivity contribution in [3.8, 4) is 5.75 Å². The molecule has 20 heavy (non-hydrogen) atoms.